The van der Waals surface area contributed by atoms with Gasteiger partial charge in [-0.05, 0) is 51.8 Å². The number of aryl methyl sites for hydroxylation is 2. The Balaban J connectivity index is 1.64. The number of rotatable bonds is 4. The molecule has 0 radical (unpaired) electrons. The van der Waals surface area contributed by atoms with E-state index in [4.69, 9.17) is 4.74 Å². The number of nitrogens with one attached hydrogen (secondary N) is 1. The van der Waals surface area contributed by atoms with E-state index < -0.39 is 12.1 Å². The number of ether oxygens (including phenoxy) is 1. The first kappa shape index (κ1) is 19.3. The Hall–Kier alpha value is -2.50. The molecule has 1 atom stereocenters. The number of esters is 1. The van der Waals surface area contributed by atoms with E-state index in [1.54, 1.807) is 25.1 Å². The highest BCUT2D eigenvalue weighted by Gasteiger charge is 2.22. The fourth-order valence-corrected chi connectivity index (χ4v) is 3.38. The van der Waals surface area contributed by atoms with Gasteiger partial charge in [0.2, 0.25) is 0 Å². The van der Waals surface area contributed by atoms with E-state index in [-0.39, 0.29) is 11.9 Å². The summed E-state index contributed by atoms with van der Waals surface area (Å²) in [5.74, 6) is -0.761. The average Bonchev–Trinajstić information content (AvgIpc) is 2.90. The van der Waals surface area contributed by atoms with E-state index in [0.717, 1.165) is 42.6 Å². The zero-order valence-corrected chi connectivity index (χ0v) is 16.2. The normalized spacial score (nSPS) is 16.6. The summed E-state index contributed by atoms with van der Waals surface area (Å²) in [6.45, 7) is 5.39. The first-order chi connectivity index (χ1) is 12.9. The number of amides is 1. The summed E-state index contributed by atoms with van der Waals surface area (Å²) in [7, 11) is 0. The topological polar surface area (TPSA) is 81.2 Å². The fraction of sp³-hybridized carbons (Fsp3) is 0.524. The summed E-state index contributed by atoms with van der Waals surface area (Å²) in [5, 5.41) is 3.02. The molecule has 144 valence electrons. The van der Waals surface area contributed by atoms with Gasteiger partial charge in [0.15, 0.2) is 6.10 Å². The first-order valence-corrected chi connectivity index (χ1v) is 9.70. The molecule has 0 aliphatic heterocycles. The maximum atomic E-state index is 12.5. The van der Waals surface area contributed by atoms with Crippen LogP contribution in [-0.4, -0.2) is 34.0 Å². The second kappa shape index (κ2) is 8.46. The Morgan fingerprint density at radius 2 is 1.67 bits per heavy atom. The van der Waals surface area contributed by atoms with Crippen molar-refractivity contribution >= 4 is 22.9 Å². The molecule has 1 heterocycles. The van der Waals surface area contributed by atoms with Crippen LogP contribution in [0.1, 0.15) is 67.2 Å². The Kier molecular flexibility index (Phi) is 6.04. The highest BCUT2D eigenvalue weighted by Crippen LogP contribution is 2.18. The highest BCUT2D eigenvalue weighted by atomic mass is 16.5. The highest BCUT2D eigenvalue weighted by molar-refractivity contribution is 5.95. The summed E-state index contributed by atoms with van der Waals surface area (Å²) < 4.78 is 5.37. The molecule has 6 heteroatoms. The molecule has 1 N–H and O–H groups in total. The minimum absolute atomic E-state index is 0.184. The van der Waals surface area contributed by atoms with Gasteiger partial charge >= 0.3 is 5.97 Å². The van der Waals surface area contributed by atoms with Gasteiger partial charge in [0.05, 0.1) is 28.0 Å². The lowest BCUT2D eigenvalue weighted by Crippen LogP contribution is -2.41. The Morgan fingerprint density at radius 1 is 1.04 bits per heavy atom. The van der Waals surface area contributed by atoms with Crippen LogP contribution in [-0.2, 0) is 9.53 Å². The number of fused-ring (bicyclic) bond motifs is 1. The second-order valence-electron chi connectivity index (χ2n) is 7.34. The smallest absolute Gasteiger partial charge is 0.338 e. The van der Waals surface area contributed by atoms with Crippen molar-refractivity contribution in [2.24, 2.45) is 0 Å². The summed E-state index contributed by atoms with van der Waals surface area (Å²) in [4.78, 5) is 33.8. The lowest BCUT2D eigenvalue weighted by molar-refractivity contribution is -0.129. The second-order valence-corrected chi connectivity index (χ2v) is 7.34. The molecule has 27 heavy (non-hydrogen) atoms. The van der Waals surface area contributed by atoms with Crippen LogP contribution in [0.4, 0.5) is 0 Å². The summed E-state index contributed by atoms with van der Waals surface area (Å²) in [6.07, 6.45) is 5.87. The Morgan fingerprint density at radius 3 is 2.33 bits per heavy atom. The number of benzene rings is 1. The van der Waals surface area contributed by atoms with Gasteiger partial charge in [0, 0.05) is 6.04 Å². The third-order valence-corrected chi connectivity index (χ3v) is 5.17. The van der Waals surface area contributed by atoms with Gasteiger partial charge in [-0.3, -0.25) is 4.79 Å². The minimum Gasteiger partial charge on any atom is -0.449 e. The van der Waals surface area contributed by atoms with Gasteiger partial charge in [-0.1, -0.05) is 25.7 Å². The van der Waals surface area contributed by atoms with Crippen molar-refractivity contribution in [1.82, 2.24) is 15.3 Å². The molecule has 0 saturated heterocycles. The van der Waals surface area contributed by atoms with Crippen LogP contribution in [0.5, 0.6) is 0 Å². The standard InChI is InChI=1S/C21H27N3O3/c1-13-14(2)23-19-12-16(10-11-18(19)22-13)21(26)27-15(3)20(25)24-17-8-6-4-5-7-9-17/h10-12,15,17H,4-9H2,1-3H3,(H,24,25). The SMILES string of the molecule is Cc1nc2ccc(C(=O)OC(C)C(=O)NC3CCCCCC3)cc2nc1C. The van der Waals surface area contributed by atoms with E-state index >= 15 is 0 Å². The van der Waals surface area contributed by atoms with E-state index in [1.165, 1.54) is 12.8 Å². The van der Waals surface area contributed by atoms with E-state index in [0.29, 0.717) is 11.1 Å². The molecule has 1 amide bonds. The quantitative estimate of drug-likeness (QED) is 0.657. The van der Waals surface area contributed by atoms with Crippen molar-refractivity contribution in [1.29, 1.82) is 0 Å². The number of hydrogen-bond acceptors (Lipinski definition) is 5. The van der Waals surface area contributed by atoms with Crippen LogP contribution in [0.25, 0.3) is 11.0 Å². The molecule has 1 aliphatic carbocycles. The molecule has 1 fully saturated rings. The van der Waals surface area contributed by atoms with Crippen molar-refractivity contribution in [3.8, 4) is 0 Å². The number of carbonyl (C=O) groups excluding carboxylic acids is 2. The molecular formula is C21H27N3O3. The predicted molar refractivity (Wildman–Crippen MR) is 104 cm³/mol. The van der Waals surface area contributed by atoms with Gasteiger partial charge in [-0.25, -0.2) is 14.8 Å². The maximum absolute atomic E-state index is 12.5. The molecule has 1 aliphatic rings. The van der Waals surface area contributed by atoms with Crippen molar-refractivity contribution in [2.45, 2.75) is 71.4 Å². The third-order valence-electron chi connectivity index (χ3n) is 5.17. The van der Waals surface area contributed by atoms with Gasteiger partial charge in [0.25, 0.3) is 5.91 Å². The molecule has 0 bridgehead atoms. The largest absolute Gasteiger partial charge is 0.449 e. The minimum atomic E-state index is -0.831. The van der Waals surface area contributed by atoms with Crippen LogP contribution >= 0.6 is 0 Å². The number of nitrogens with zero attached hydrogens (tertiary/aromatic N) is 2. The van der Waals surface area contributed by atoms with Crippen LogP contribution in [0.3, 0.4) is 0 Å². The van der Waals surface area contributed by atoms with Crippen LogP contribution in [0.15, 0.2) is 18.2 Å². The molecule has 0 spiro atoms. The molecule has 3 rings (SSSR count). The molecule has 1 saturated carbocycles. The zero-order valence-electron chi connectivity index (χ0n) is 16.2. The Bertz CT molecular complexity index is 842. The van der Waals surface area contributed by atoms with Crippen molar-refractivity contribution in [3.05, 3.63) is 35.2 Å². The van der Waals surface area contributed by atoms with Crippen molar-refractivity contribution in [2.75, 3.05) is 0 Å². The van der Waals surface area contributed by atoms with E-state index in [1.807, 2.05) is 13.8 Å². The summed E-state index contributed by atoms with van der Waals surface area (Å²) in [5.41, 5.74) is 3.43. The number of aromatic nitrogens is 2. The Labute approximate surface area is 159 Å². The van der Waals surface area contributed by atoms with Crippen LogP contribution in [0.2, 0.25) is 0 Å². The van der Waals surface area contributed by atoms with Crippen molar-refractivity contribution < 1.29 is 14.3 Å². The van der Waals surface area contributed by atoms with E-state index in [9.17, 15) is 9.59 Å². The molecule has 1 aromatic carbocycles. The predicted octanol–water partition coefficient (Wildman–Crippen LogP) is 3.63. The lowest BCUT2D eigenvalue weighted by atomic mass is 10.1. The molecule has 1 aromatic heterocycles. The summed E-state index contributed by atoms with van der Waals surface area (Å²) >= 11 is 0. The van der Waals surface area contributed by atoms with Gasteiger partial charge in [0.1, 0.15) is 0 Å². The average molecular weight is 369 g/mol. The maximum Gasteiger partial charge on any atom is 0.338 e. The monoisotopic (exact) mass is 369 g/mol. The van der Waals surface area contributed by atoms with Gasteiger partial charge < -0.3 is 10.1 Å². The fourth-order valence-electron chi connectivity index (χ4n) is 3.38. The molecule has 2 aromatic rings. The molecule has 1 unspecified atom stereocenters. The summed E-state index contributed by atoms with van der Waals surface area (Å²) in [6, 6.07) is 5.25. The van der Waals surface area contributed by atoms with Gasteiger partial charge in [-0.2, -0.15) is 0 Å². The van der Waals surface area contributed by atoms with Gasteiger partial charge in [-0.15, -0.1) is 0 Å². The lowest BCUT2D eigenvalue weighted by Gasteiger charge is -2.19. The van der Waals surface area contributed by atoms with Crippen LogP contribution < -0.4 is 5.32 Å². The number of carbonyl (C=O) groups is 2. The third kappa shape index (κ3) is 4.81. The molecule has 6 nitrogen and oxygen atoms in total. The molecular weight excluding hydrogens is 342 g/mol. The van der Waals surface area contributed by atoms with Crippen LogP contribution in [0, 0.1) is 13.8 Å². The van der Waals surface area contributed by atoms with Crippen molar-refractivity contribution in [3.63, 3.8) is 0 Å². The number of hydrogen-bond donors (Lipinski definition) is 1. The van der Waals surface area contributed by atoms with E-state index in [2.05, 4.69) is 15.3 Å². The first-order valence-electron chi connectivity index (χ1n) is 9.70. The zero-order chi connectivity index (χ0) is 19.4.